The van der Waals surface area contributed by atoms with Gasteiger partial charge in [0.15, 0.2) is 0 Å². The molecule has 2 fully saturated rings. The standard InChI is InChI=1S/C26H30ClF2N7O/c1-34-11-13-36(14-12-34)25-32-15-18(16-33-25)22(35-9-6-26(28,29)7-10-35)17-31-24(37)23-19-3-2-8-30-21(19)5-4-20(23)27/h2-5,8,15-16,22H,6-7,9-14,17H2,1H3,(H,31,37). The number of pyridine rings is 1. The first-order valence-electron chi connectivity index (χ1n) is 12.5. The average Bonchev–Trinajstić information content (AvgIpc) is 2.90. The number of likely N-dealkylation sites (tertiary alicyclic amines) is 1. The Hall–Kier alpha value is -2.95. The van der Waals surface area contributed by atoms with Crippen molar-refractivity contribution in [3.8, 4) is 0 Å². The molecule has 2 aliphatic rings. The van der Waals surface area contributed by atoms with Gasteiger partial charge in [-0.1, -0.05) is 17.7 Å². The second kappa shape index (κ2) is 10.8. The molecule has 0 aliphatic carbocycles. The maximum absolute atomic E-state index is 13.9. The number of benzene rings is 1. The Labute approximate surface area is 219 Å². The molecule has 2 aromatic heterocycles. The third-order valence-electron chi connectivity index (χ3n) is 7.22. The Morgan fingerprint density at radius 1 is 1.05 bits per heavy atom. The van der Waals surface area contributed by atoms with E-state index in [1.54, 1.807) is 42.9 Å². The van der Waals surface area contributed by atoms with Crippen molar-refractivity contribution in [3.63, 3.8) is 0 Å². The number of piperazine rings is 1. The summed E-state index contributed by atoms with van der Waals surface area (Å²) in [5.74, 6) is -2.36. The fraction of sp³-hybridized carbons (Fsp3) is 0.462. The third kappa shape index (κ3) is 5.81. The highest BCUT2D eigenvalue weighted by molar-refractivity contribution is 6.35. The Morgan fingerprint density at radius 2 is 1.76 bits per heavy atom. The fourth-order valence-electron chi connectivity index (χ4n) is 4.93. The van der Waals surface area contributed by atoms with E-state index >= 15 is 0 Å². The quantitative estimate of drug-likeness (QED) is 0.522. The van der Waals surface area contributed by atoms with Crippen LogP contribution in [-0.2, 0) is 0 Å². The SMILES string of the molecule is CN1CCN(c2ncc(C(CNC(=O)c3c(Cl)ccc4ncccc34)N3CCC(F)(F)CC3)cn2)CC1. The van der Waals surface area contributed by atoms with E-state index in [2.05, 4.69) is 37.1 Å². The van der Waals surface area contributed by atoms with E-state index in [9.17, 15) is 13.6 Å². The van der Waals surface area contributed by atoms with Crippen molar-refractivity contribution in [2.45, 2.75) is 24.8 Å². The molecule has 8 nitrogen and oxygen atoms in total. The van der Waals surface area contributed by atoms with Crippen LogP contribution in [0.2, 0.25) is 5.02 Å². The van der Waals surface area contributed by atoms with E-state index in [4.69, 9.17) is 11.6 Å². The smallest absolute Gasteiger partial charge is 0.253 e. The van der Waals surface area contributed by atoms with Crippen molar-refractivity contribution < 1.29 is 13.6 Å². The average molecular weight is 530 g/mol. The fourth-order valence-corrected chi connectivity index (χ4v) is 5.18. The summed E-state index contributed by atoms with van der Waals surface area (Å²) in [4.78, 5) is 33.1. The van der Waals surface area contributed by atoms with E-state index < -0.39 is 5.92 Å². The van der Waals surface area contributed by atoms with Crippen LogP contribution in [0.4, 0.5) is 14.7 Å². The van der Waals surface area contributed by atoms with Gasteiger partial charge in [-0.25, -0.2) is 18.7 Å². The van der Waals surface area contributed by atoms with Gasteiger partial charge in [-0.3, -0.25) is 14.7 Å². The van der Waals surface area contributed by atoms with Crippen molar-refractivity contribution >= 4 is 34.4 Å². The number of carbonyl (C=O) groups is 1. The lowest BCUT2D eigenvalue weighted by Gasteiger charge is -2.37. The van der Waals surface area contributed by atoms with Crippen molar-refractivity contribution in [2.24, 2.45) is 0 Å². The number of fused-ring (bicyclic) bond motifs is 1. The molecule has 0 bridgehead atoms. The zero-order valence-corrected chi connectivity index (χ0v) is 21.5. The molecule has 1 amide bonds. The summed E-state index contributed by atoms with van der Waals surface area (Å²) in [6.45, 7) is 4.20. The molecule has 0 spiro atoms. The summed E-state index contributed by atoms with van der Waals surface area (Å²) in [6, 6.07) is 6.63. The zero-order valence-electron chi connectivity index (χ0n) is 20.7. The van der Waals surface area contributed by atoms with Gasteiger partial charge in [0.1, 0.15) is 0 Å². The molecular formula is C26H30ClF2N7O. The first kappa shape index (κ1) is 25.7. The molecule has 1 N–H and O–H groups in total. The Bertz CT molecular complexity index is 1240. The van der Waals surface area contributed by atoms with E-state index in [0.29, 0.717) is 27.4 Å². The van der Waals surface area contributed by atoms with Gasteiger partial charge in [-0.15, -0.1) is 0 Å². The van der Waals surface area contributed by atoms with Gasteiger partial charge in [-0.05, 0) is 25.2 Å². The third-order valence-corrected chi connectivity index (χ3v) is 7.53. The number of hydrogen-bond donors (Lipinski definition) is 1. The van der Waals surface area contributed by atoms with Crippen molar-refractivity contribution in [1.82, 2.24) is 30.1 Å². The lowest BCUT2D eigenvalue weighted by molar-refractivity contribution is -0.0632. The molecule has 3 aromatic rings. The highest BCUT2D eigenvalue weighted by Gasteiger charge is 2.37. The number of amides is 1. The molecule has 0 saturated carbocycles. The molecule has 196 valence electrons. The highest BCUT2D eigenvalue weighted by atomic mass is 35.5. The Balaban J connectivity index is 1.36. The number of halogens is 3. The lowest BCUT2D eigenvalue weighted by Crippen LogP contribution is -2.46. The predicted octanol–water partition coefficient (Wildman–Crippen LogP) is 3.63. The lowest BCUT2D eigenvalue weighted by atomic mass is 10.0. The zero-order chi connectivity index (χ0) is 26.0. The molecule has 1 aromatic carbocycles. The number of alkyl halides is 2. The van der Waals surface area contributed by atoms with E-state index in [-0.39, 0.29) is 44.4 Å². The molecule has 1 unspecified atom stereocenters. The first-order chi connectivity index (χ1) is 17.8. The number of anilines is 1. The summed E-state index contributed by atoms with van der Waals surface area (Å²) < 4.78 is 27.8. The van der Waals surface area contributed by atoms with Crippen LogP contribution in [0.3, 0.4) is 0 Å². The van der Waals surface area contributed by atoms with Crippen LogP contribution in [-0.4, -0.2) is 89.4 Å². The normalized spacial score (nSPS) is 19.6. The van der Waals surface area contributed by atoms with Gasteiger partial charge in [0.25, 0.3) is 11.8 Å². The molecular weight excluding hydrogens is 500 g/mol. The highest BCUT2D eigenvalue weighted by Crippen LogP contribution is 2.32. The maximum atomic E-state index is 13.9. The first-order valence-corrected chi connectivity index (χ1v) is 12.9. The number of aromatic nitrogens is 3. The largest absolute Gasteiger partial charge is 0.350 e. The molecule has 0 radical (unpaired) electrons. The minimum absolute atomic E-state index is 0.203. The van der Waals surface area contributed by atoms with Crippen LogP contribution < -0.4 is 10.2 Å². The Kier molecular flexibility index (Phi) is 7.50. The number of nitrogens with one attached hydrogen (secondary N) is 1. The number of nitrogens with zero attached hydrogens (tertiary/aromatic N) is 6. The monoisotopic (exact) mass is 529 g/mol. The molecule has 2 aliphatic heterocycles. The predicted molar refractivity (Wildman–Crippen MR) is 139 cm³/mol. The molecule has 5 rings (SSSR count). The summed E-state index contributed by atoms with van der Waals surface area (Å²) in [5, 5.41) is 3.96. The number of likely N-dealkylation sites (N-methyl/N-ethyl adjacent to an activating group) is 1. The summed E-state index contributed by atoms with van der Waals surface area (Å²) in [5.41, 5.74) is 1.78. The van der Waals surface area contributed by atoms with Gasteiger partial charge in [0.2, 0.25) is 5.95 Å². The van der Waals surface area contributed by atoms with Gasteiger partial charge in [0.05, 0.1) is 22.1 Å². The molecule has 4 heterocycles. The molecule has 1 atom stereocenters. The van der Waals surface area contributed by atoms with Crippen molar-refractivity contribution in [2.75, 3.05) is 57.8 Å². The summed E-state index contributed by atoms with van der Waals surface area (Å²) in [6.07, 6.45) is 4.71. The Morgan fingerprint density at radius 3 is 2.46 bits per heavy atom. The van der Waals surface area contributed by atoms with Crippen molar-refractivity contribution in [3.05, 3.63) is 59.0 Å². The van der Waals surface area contributed by atoms with Gasteiger partial charge in [0, 0.05) is 88.2 Å². The van der Waals surface area contributed by atoms with Crippen molar-refractivity contribution in [1.29, 1.82) is 0 Å². The summed E-state index contributed by atoms with van der Waals surface area (Å²) in [7, 11) is 2.09. The van der Waals surface area contributed by atoms with E-state index in [1.165, 1.54) is 0 Å². The number of carbonyl (C=O) groups excluding carboxylic acids is 1. The number of rotatable bonds is 6. The van der Waals surface area contributed by atoms with Crippen LogP contribution >= 0.6 is 11.6 Å². The van der Waals surface area contributed by atoms with Gasteiger partial charge >= 0.3 is 0 Å². The van der Waals surface area contributed by atoms with Crippen LogP contribution in [0, 0.1) is 0 Å². The minimum atomic E-state index is -2.67. The molecule has 11 heteroatoms. The van der Waals surface area contributed by atoms with Crippen LogP contribution in [0.5, 0.6) is 0 Å². The van der Waals surface area contributed by atoms with Crippen LogP contribution in [0.25, 0.3) is 10.9 Å². The van der Waals surface area contributed by atoms with E-state index in [0.717, 1.165) is 31.7 Å². The minimum Gasteiger partial charge on any atom is -0.350 e. The van der Waals surface area contributed by atoms with Crippen LogP contribution in [0.15, 0.2) is 42.9 Å². The number of piperidine rings is 1. The van der Waals surface area contributed by atoms with Gasteiger partial charge < -0.3 is 15.1 Å². The molecule has 2 saturated heterocycles. The number of hydrogen-bond acceptors (Lipinski definition) is 7. The maximum Gasteiger partial charge on any atom is 0.253 e. The van der Waals surface area contributed by atoms with Crippen LogP contribution in [0.1, 0.15) is 34.8 Å². The second-order valence-corrected chi connectivity index (χ2v) is 10.1. The van der Waals surface area contributed by atoms with Gasteiger partial charge in [-0.2, -0.15) is 0 Å². The topological polar surface area (TPSA) is 77.5 Å². The molecule has 37 heavy (non-hydrogen) atoms. The second-order valence-electron chi connectivity index (χ2n) is 9.72. The summed E-state index contributed by atoms with van der Waals surface area (Å²) >= 11 is 6.40. The van der Waals surface area contributed by atoms with E-state index in [1.807, 2.05) is 4.90 Å².